The standard InChI is InChI=1S/C9H8FIN2.C9H9FN2.C5H3ClFN/c1-9(2,5-12)8-7(10)6(11)3-4-13-8;1-9(2,6-11)8-7(10)4-3-5-12-8;6-5-4(7)2-1-3-8-5/h3-4H,1-2H3;3-5H,1-2H3;1-3H. The Kier molecular flexibility index (Phi) is 10.7. The molecule has 5 nitrogen and oxygen atoms in total. The van der Waals surface area contributed by atoms with Gasteiger partial charge in [-0.05, 0) is 80.6 Å². The average Bonchev–Trinajstić information content (AvgIpc) is 2.78. The fourth-order valence-electron chi connectivity index (χ4n) is 2.17. The van der Waals surface area contributed by atoms with Gasteiger partial charge in [0.1, 0.15) is 5.82 Å². The minimum Gasteiger partial charge on any atom is -0.257 e. The molecule has 0 fully saturated rings. The molecule has 3 aromatic heterocycles. The number of hydrogen-bond donors (Lipinski definition) is 0. The summed E-state index contributed by atoms with van der Waals surface area (Å²) in [5.41, 5.74) is -1.31. The molecular formula is C23H20ClF3IN5. The van der Waals surface area contributed by atoms with Gasteiger partial charge in [0.2, 0.25) is 0 Å². The molecule has 0 spiro atoms. The van der Waals surface area contributed by atoms with E-state index in [1.807, 2.05) is 34.7 Å². The van der Waals surface area contributed by atoms with Gasteiger partial charge in [0.15, 0.2) is 16.8 Å². The van der Waals surface area contributed by atoms with Crippen LogP contribution in [0.3, 0.4) is 0 Å². The van der Waals surface area contributed by atoms with E-state index in [2.05, 4.69) is 15.0 Å². The molecule has 3 aromatic rings. The molecule has 10 heteroatoms. The van der Waals surface area contributed by atoms with E-state index in [-0.39, 0.29) is 16.5 Å². The highest BCUT2D eigenvalue weighted by atomic mass is 127. The molecule has 0 saturated carbocycles. The number of aromatic nitrogens is 3. The second kappa shape index (κ2) is 12.5. The molecule has 0 unspecified atom stereocenters. The predicted octanol–water partition coefficient (Wildman–Crippen LogP) is 6.52. The van der Waals surface area contributed by atoms with Crippen LogP contribution in [0.15, 0.2) is 48.9 Å². The quantitative estimate of drug-likeness (QED) is 0.252. The zero-order valence-electron chi connectivity index (χ0n) is 18.2. The average molecular weight is 586 g/mol. The van der Waals surface area contributed by atoms with Crippen LogP contribution in [0.2, 0.25) is 5.15 Å². The van der Waals surface area contributed by atoms with Crippen LogP contribution in [0, 0.1) is 43.7 Å². The Labute approximate surface area is 209 Å². The molecule has 0 aliphatic rings. The number of hydrogen-bond acceptors (Lipinski definition) is 5. The van der Waals surface area contributed by atoms with Gasteiger partial charge in [-0.3, -0.25) is 9.97 Å². The van der Waals surface area contributed by atoms with Gasteiger partial charge in [0, 0.05) is 18.6 Å². The highest BCUT2D eigenvalue weighted by Gasteiger charge is 2.26. The number of rotatable bonds is 2. The van der Waals surface area contributed by atoms with Gasteiger partial charge in [0.25, 0.3) is 0 Å². The first-order valence-electron chi connectivity index (χ1n) is 9.37. The third-order valence-corrected chi connectivity index (χ3v) is 5.17. The predicted molar refractivity (Wildman–Crippen MR) is 128 cm³/mol. The molecule has 3 heterocycles. The summed E-state index contributed by atoms with van der Waals surface area (Å²) < 4.78 is 39.1. The highest BCUT2D eigenvalue weighted by Crippen LogP contribution is 2.25. The van der Waals surface area contributed by atoms with E-state index in [1.54, 1.807) is 33.8 Å². The lowest BCUT2D eigenvalue weighted by Gasteiger charge is -2.15. The Morgan fingerprint density at radius 2 is 1.27 bits per heavy atom. The van der Waals surface area contributed by atoms with E-state index in [4.69, 9.17) is 22.1 Å². The zero-order valence-corrected chi connectivity index (χ0v) is 21.2. The maximum absolute atomic E-state index is 13.5. The molecule has 0 aliphatic heterocycles. The Balaban J connectivity index is 0.000000254. The van der Waals surface area contributed by atoms with E-state index >= 15 is 0 Å². The molecular weight excluding hydrogens is 566 g/mol. The van der Waals surface area contributed by atoms with Gasteiger partial charge in [-0.15, -0.1) is 0 Å². The van der Waals surface area contributed by atoms with E-state index in [0.717, 1.165) is 0 Å². The lowest BCUT2D eigenvalue weighted by molar-refractivity contribution is 0.540. The summed E-state index contributed by atoms with van der Waals surface area (Å²) in [6.45, 7) is 6.57. The molecule has 0 radical (unpaired) electrons. The first kappa shape index (κ1) is 28.3. The first-order chi connectivity index (χ1) is 15.4. The molecule has 33 heavy (non-hydrogen) atoms. The Bertz CT molecular complexity index is 1150. The minimum absolute atomic E-state index is 0.0764. The van der Waals surface area contributed by atoms with Crippen LogP contribution < -0.4 is 0 Å². The van der Waals surface area contributed by atoms with Gasteiger partial charge in [-0.25, -0.2) is 18.2 Å². The maximum Gasteiger partial charge on any atom is 0.164 e. The monoisotopic (exact) mass is 585 g/mol. The van der Waals surface area contributed by atoms with Crippen molar-refractivity contribution in [3.05, 3.63) is 86.5 Å². The van der Waals surface area contributed by atoms with E-state index in [1.165, 1.54) is 42.9 Å². The molecule has 0 saturated heterocycles. The largest absolute Gasteiger partial charge is 0.257 e. The zero-order chi connectivity index (χ0) is 25.2. The number of nitriles is 2. The van der Waals surface area contributed by atoms with Crippen LogP contribution in [-0.2, 0) is 10.8 Å². The first-order valence-corrected chi connectivity index (χ1v) is 10.8. The smallest absolute Gasteiger partial charge is 0.164 e. The second-order valence-electron chi connectivity index (χ2n) is 7.54. The molecule has 0 aliphatic carbocycles. The van der Waals surface area contributed by atoms with Crippen molar-refractivity contribution in [3.8, 4) is 12.1 Å². The summed E-state index contributed by atoms with van der Waals surface area (Å²) in [6, 6.07) is 11.2. The summed E-state index contributed by atoms with van der Waals surface area (Å²) in [4.78, 5) is 11.2. The Hall–Kier alpha value is -2.76. The van der Waals surface area contributed by atoms with Gasteiger partial charge >= 0.3 is 0 Å². The Morgan fingerprint density at radius 3 is 1.73 bits per heavy atom. The molecule has 0 amide bonds. The van der Waals surface area contributed by atoms with Crippen molar-refractivity contribution in [1.29, 1.82) is 10.5 Å². The van der Waals surface area contributed by atoms with Crippen molar-refractivity contribution < 1.29 is 13.2 Å². The molecule has 172 valence electrons. The molecule has 3 rings (SSSR count). The summed E-state index contributed by atoms with van der Waals surface area (Å²) in [5, 5.41) is 17.4. The summed E-state index contributed by atoms with van der Waals surface area (Å²) in [6.07, 6.45) is 4.43. The van der Waals surface area contributed by atoms with Crippen LogP contribution >= 0.6 is 34.2 Å². The minimum atomic E-state index is -0.870. The number of pyridine rings is 3. The fourth-order valence-corrected chi connectivity index (χ4v) is 2.71. The van der Waals surface area contributed by atoms with Crippen molar-refractivity contribution in [2.75, 3.05) is 0 Å². The van der Waals surface area contributed by atoms with E-state index in [0.29, 0.717) is 3.57 Å². The van der Waals surface area contributed by atoms with Gasteiger partial charge < -0.3 is 0 Å². The third-order valence-electron chi connectivity index (χ3n) is 4.06. The van der Waals surface area contributed by atoms with Crippen LogP contribution in [0.4, 0.5) is 13.2 Å². The Morgan fingerprint density at radius 1 is 0.788 bits per heavy atom. The van der Waals surface area contributed by atoms with Crippen molar-refractivity contribution in [2.45, 2.75) is 38.5 Å². The number of halogens is 5. The summed E-state index contributed by atoms with van der Waals surface area (Å²) >= 11 is 7.10. The third kappa shape index (κ3) is 8.26. The van der Waals surface area contributed by atoms with Crippen LogP contribution in [0.25, 0.3) is 0 Å². The lowest BCUT2D eigenvalue weighted by Crippen LogP contribution is -2.18. The maximum atomic E-state index is 13.5. The number of nitrogens with zero attached hydrogens (tertiary/aromatic N) is 5. The van der Waals surface area contributed by atoms with Crippen LogP contribution in [0.5, 0.6) is 0 Å². The molecule has 0 N–H and O–H groups in total. The molecule has 0 aromatic carbocycles. The van der Waals surface area contributed by atoms with Gasteiger partial charge in [-0.1, -0.05) is 11.6 Å². The van der Waals surface area contributed by atoms with Crippen LogP contribution in [-0.4, -0.2) is 15.0 Å². The highest BCUT2D eigenvalue weighted by molar-refractivity contribution is 14.1. The molecule has 0 bridgehead atoms. The van der Waals surface area contributed by atoms with E-state index in [9.17, 15) is 13.2 Å². The van der Waals surface area contributed by atoms with Crippen molar-refractivity contribution in [3.63, 3.8) is 0 Å². The summed E-state index contributed by atoms with van der Waals surface area (Å²) in [5.74, 6) is -1.30. The normalized spacial score (nSPS) is 10.5. The van der Waals surface area contributed by atoms with Crippen LogP contribution in [0.1, 0.15) is 39.1 Å². The van der Waals surface area contributed by atoms with Crippen molar-refractivity contribution >= 4 is 34.2 Å². The summed E-state index contributed by atoms with van der Waals surface area (Å²) in [7, 11) is 0. The lowest BCUT2D eigenvalue weighted by atomic mass is 9.90. The SMILES string of the molecule is CC(C)(C#N)c1nccc(I)c1F.CC(C)(C#N)c1ncccc1F.Fc1cccnc1Cl. The van der Waals surface area contributed by atoms with Gasteiger partial charge in [-0.2, -0.15) is 10.5 Å². The fraction of sp³-hybridized carbons (Fsp3) is 0.261. The van der Waals surface area contributed by atoms with Crippen molar-refractivity contribution in [2.24, 2.45) is 0 Å². The molecule has 0 atom stereocenters. The van der Waals surface area contributed by atoms with Crippen molar-refractivity contribution in [1.82, 2.24) is 15.0 Å². The topological polar surface area (TPSA) is 86.2 Å². The van der Waals surface area contributed by atoms with E-state index < -0.39 is 28.3 Å². The van der Waals surface area contributed by atoms with Gasteiger partial charge in [0.05, 0.1) is 37.9 Å². The second-order valence-corrected chi connectivity index (χ2v) is 9.06.